The highest BCUT2D eigenvalue weighted by Gasteiger charge is 2.29. The number of benzene rings is 2. The number of aromatic nitrogens is 4. The molecule has 0 N–H and O–H groups in total. The van der Waals surface area contributed by atoms with E-state index in [1.807, 2.05) is 35.1 Å². The summed E-state index contributed by atoms with van der Waals surface area (Å²) in [4.78, 5) is 22.7. The maximum atomic E-state index is 11.4. The van der Waals surface area contributed by atoms with E-state index in [1.54, 1.807) is 6.20 Å². The normalized spacial score (nSPS) is 17.7. The van der Waals surface area contributed by atoms with Crippen LogP contribution in [0.2, 0.25) is 0 Å². The van der Waals surface area contributed by atoms with Gasteiger partial charge in [0.15, 0.2) is 0 Å². The van der Waals surface area contributed by atoms with Crippen molar-refractivity contribution >= 4 is 22.9 Å². The molecule has 2 aliphatic rings. The van der Waals surface area contributed by atoms with Crippen molar-refractivity contribution in [3.63, 3.8) is 0 Å². The second-order valence-electron chi connectivity index (χ2n) is 8.90. The molecule has 0 radical (unpaired) electrons. The van der Waals surface area contributed by atoms with Crippen molar-refractivity contribution in [1.82, 2.24) is 19.7 Å². The average Bonchev–Trinajstić information content (AvgIpc) is 3.58. The Morgan fingerprint density at radius 3 is 2.85 bits per heavy atom. The van der Waals surface area contributed by atoms with E-state index in [1.165, 1.54) is 12.8 Å². The predicted octanol–water partition coefficient (Wildman–Crippen LogP) is 4.96. The molecule has 7 nitrogen and oxygen atoms in total. The van der Waals surface area contributed by atoms with Crippen LogP contribution in [0.3, 0.4) is 0 Å². The first-order chi connectivity index (χ1) is 16.2. The van der Waals surface area contributed by atoms with Crippen molar-refractivity contribution in [1.29, 1.82) is 0 Å². The summed E-state index contributed by atoms with van der Waals surface area (Å²) in [5, 5.41) is 5.55. The third-order valence-electron chi connectivity index (χ3n) is 6.65. The zero-order valence-electron chi connectivity index (χ0n) is 18.5. The number of aldehydes is 1. The molecule has 4 aromatic rings. The van der Waals surface area contributed by atoms with Gasteiger partial charge in [0.25, 0.3) is 0 Å². The van der Waals surface area contributed by atoms with Gasteiger partial charge in [0, 0.05) is 46.2 Å². The first-order valence-corrected chi connectivity index (χ1v) is 11.5. The summed E-state index contributed by atoms with van der Waals surface area (Å²) in [6.45, 7) is 2.52. The summed E-state index contributed by atoms with van der Waals surface area (Å²) >= 11 is 0. The number of carbonyl (C=O) groups excluding carboxylic acids is 1. The highest BCUT2D eigenvalue weighted by atomic mass is 16.5. The Bertz CT molecular complexity index is 1340. The molecule has 0 saturated heterocycles. The van der Waals surface area contributed by atoms with Crippen LogP contribution >= 0.6 is 0 Å². The first-order valence-electron chi connectivity index (χ1n) is 11.5. The van der Waals surface area contributed by atoms with Gasteiger partial charge in [-0.1, -0.05) is 18.2 Å². The van der Waals surface area contributed by atoms with Gasteiger partial charge in [-0.2, -0.15) is 10.1 Å². The number of para-hydroxylation sites is 1. The highest BCUT2D eigenvalue weighted by molar-refractivity contribution is 5.80. The molecule has 0 bridgehead atoms. The van der Waals surface area contributed by atoms with Gasteiger partial charge in [-0.15, -0.1) is 0 Å². The van der Waals surface area contributed by atoms with Crippen molar-refractivity contribution in [2.24, 2.45) is 0 Å². The van der Waals surface area contributed by atoms with Crippen LogP contribution in [0.25, 0.3) is 22.0 Å². The standard InChI is InChI=1S/C26H25N5O2/c1-17-6-9-22-24(30(17)12-13-32)11-10-21(19-15-28-31(16-19)20-7-8-20)25(22)33-26-27-14-18-4-2-3-5-23(18)29-26/h2-5,10-11,13-17,20H,6-9,12H2,1H3. The van der Waals surface area contributed by atoms with Crippen LogP contribution in [0, 0.1) is 0 Å². The maximum absolute atomic E-state index is 11.4. The van der Waals surface area contributed by atoms with Crippen molar-refractivity contribution in [3.8, 4) is 22.9 Å². The molecule has 1 aliphatic carbocycles. The maximum Gasteiger partial charge on any atom is 0.322 e. The van der Waals surface area contributed by atoms with Crippen LogP contribution in [-0.4, -0.2) is 38.6 Å². The third-order valence-corrected chi connectivity index (χ3v) is 6.65. The summed E-state index contributed by atoms with van der Waals surface area (Å²) in [7, 11) is 0. The summed E-state index contributed by atoms with van der Waals surface area (Å²) in [5.41, 5.74) is 4.95. The molecule has 1 saturated carbocycles. The van der Waals surface area contributed by atoms with Crippen LogP contribution in [0.5, 0.6) is 11.8 Å². The summed E-state index contributed by atoms with van der Waals surface area (Å²) < 4.78 is 8.49. The van der Waals surface area contributed by atoms with Crippen LogP contribution in [-0.2, 0) is 11.2 Å². The molecule has 0 spiro atoms. The zero-order valence-corrected chi connectivity index (χ0v) is 18.5. The minimum atomic E-state index is 0.288. The molecule has 0 amide bonds. The molecule has 2 aromatic heterocycles. The molecule has 1 unspecified atom stereocenters. The molecule has 166 valence electrons. The second kappa shape index (κ2) is 7.99. The van der Waals surface area contributed by atoms with Crippen molar-refractivity contribution in [2.45, 2.75) is 44.7 Å². The minimum Gasteiger partial charge on any atom is -0.423 e. The molecular weight excluding hydrogens is 414 g/mol. The van der Waals surface area contributed by atoms with E-state index in [-0.39, 0.29) is 6.04 Å². The van der Waals surface area contributed by atoms with E-state index in [0.29, 0.717) is 18.6 Å². The Morgan fingerprint density at radius 2 is 2.00 bits per heavy atom. The SMILES string of the molecule is CC1CCc2c(ccc(-c3cnn(C4CC4)c3)c2Oc2ncc3ccccc3n2)N1CC=O. The monoisotopic (exact) mass is 439 g/mol. The number of nitrogens with zero attached hydrogens (tertiary/aromatic N) is 5. The molecule has 3 heterocycles. The predicted molar refractivity (Wildman–Crippen MR) is 127 cm³/mol. The Balaban J connectivity index is 1.48. The molecule has 1 aliphatic heterocycles. The van der Waals surface area contributed by atoms with E-state index in [0.717, 1.165) is 58.2 Å². The summed E-state index contributed by atoms with van der Waals surface area (Å²) in [6.07, 6.45) is 10.9. The van der Waals surface area contributed by atoms with Gasteiger partial charge in [0.2, 0.25) is 0 Å². The molecule has 33 heavy (non-hydrogen) atoms. The van der Waals surface area contributed by atoms with Gasteiger partial charge < -0.3 is 14.4 Å². The number of ether oxygens (including phenoxy) is 1. The van der Waals surface area contributed by atoms with Crippen LogP contribution in [0.4, 0.5) is 5.69 Å². The number of anilines is 1. The fourth-order valence-corrected chi connectivity index (χ4v) is 4.69. The van der Waals surface area contributed by atoms with Gasteiger partial charge in [0.05, 0.1) is 24.3 Å². The third kappa shape index (κ3) is 3.63. The molecule has 1 fully saturated rings. The van der Waals surface area contributed by atoms with E-state index < -0.39 is 0 Å². The molecular formula is C26H25N5O2. The minimum absolute atomic E-state index is 0.288. The van der Waals surface area contributed by atoms with Crippen LogP contribution < -0.4 is 9.64 Å². The molecule has 7 heteroatoms. The number of carbonyl (C=O) groups is 1. The Labute approximate surface area is 192 Å². The van der Waals surface area contributed by atoms with Crippen molar-refractivity contribution in [2.75, 3.05) is 11.4 Å². The van der Waals surface area contributed by atoms with Gasteiger partial charge in [0.1, 0.15) is 12.0 Å². The molecule has 6 rings (SSSR count). The van der Waals surface area contributed by atoms with E-state index in [2.05, 4.69) is 45.2 Å². The smallest absolute Gasteiger partial charge is 0.322 e. The van der Waals surface area contributed by atoms with Gasteiger partial charge in [-0.25, -0.2) is 4.98 Å². The summed E-state index contributed by atoms with van der Waals surface area (Å²) in [6, 6.07) is 13.2. The Kier molecular flexibility index (Phi) is 4.82. The lowest BCUT2D eigenvalue weighted by Gasteiger charge is -2.36. The van der Waals surface area contributed by atoms with E-state index >= 15 is 0 Å². The number of hydrogen-bond acceptors (Lipinski definition) is 6. The number of fused-ring (bicyclic) bond motifs is 2. The largest absolute Gasteiger partial charge is 0.423 e. The van der Waals surface area contributed by atoms with Crippen molar-refractivity contribution in [3.05, 3.63) is 60.6 Å². The second-order valence-corrected chi connectivity index (χ2v) is 8.90. The van der Waals surface area contributed by atoms with Gasteiger partial charge in [-0.05, 0) is 50.8 Å². The van der Waals surface area contributed by atoms with Crippen molar-refractivity contribution < 1.29 is 9.53 Å². The van der Waals surface area contributed by atoms with Gasteiger partial charge >= 0.3 is 6.01 Å². The van der Waals surface area contributed by atoms with Gasteiger partial charge in [-0.3, -0.25) is 4.68 Å². The first kappa shape index (κ1) is 19.9. The number of hydrogen-bond donors (Lipinski definition) is 0. The zero-order chi connectivity index (χ0) is 22.4. The summed E-state index contributed by atoms with van der Waals surface area (Å²) in [5.74, 6) is 0.751. The fraction of sp³-hybridized carbons (Fsp3) is 0.308. The quantitative estimate of drug-likeness (QED) is 0.395. The highest BCUT2D eigenvalue weighted by Crippen LogP contribution is 2.45. The lowest BCUT2D eigenvalue weighted by atomic mass is 9.92. The van der Waals surface area contributed by atoms with Crippen LogP contribution in [0.15, 0.2) is 55.0 Å². The lowest BCUT2D eigenvalue weighted by Crippen LogP contribution is -2.38. The van der Waals surface area contributed by atoms with Crippen LogP contribution in [0.1, 0.15) is 37.8 Å². The Hall–Kier alpha value is -3.74. The Morgan fingerprint density at radius 1 is 1.12 bits per heavy atom. The lowest BCUT2D eigenvalue weighted by molar-refractivity contribution is -0.106. The molecule has 2 aromatic carbocycles. The average molecular weight is 440 g/mol. The van der Waals surface area contributed by atoms with E-state index in [4.69, 9.17) is 4.74 Å². The molecule has 1 atom stereocenters. The topological polar surface area (TPSA) is 73.1 Å². The number of rotatable bonds is 6. The van der Waals surface area contributed by atoms with E-state index in [9.17, 15) is 4.79 Å². The fourth-order valence-electron chi connectivity index (χ4n) is 4.69.